The van der Waals surface area contributed by atoms with Gasteiger partial charge in [-0.3, -0.25) is 4.84 Å². The Morgan fingerprint density at radius 2 is 1.71 bits per heavy atom. The van der Waals surface area contributed by atoms with Crippen LogP contribution in [0, 0.1) is 0 Å². The number of fused-ring (bicyclic) bond motifs is 1. The molecule has 0 fully saturated rings. The van der Waals surface area contributed by atoms with Gasteiger partial charge in [-0.25, -0.2) is 4.99 Å². The molecule has 1 unspecified atom stereocenters. The smallest absolute Gasteiger partial charge is 0.226 e. The predicted molar refractivity (Wildman–Crippen MR) is 110 cm³/mol. The summed E-state index contributed by atoms with van der Waals surface area (Å²) in [6, 6.07) is 21.8. The molecule has 4 rings (SSSR count). The summed E-state index contributed by atoms with van der Waals surface area (Å²) < 4.78 is 5.46. The molecule has 0 saturated heterocycles. The second-order valence-electron chi connectivity index (χ2n) is 6.31. The number of hydrogen-bond acceptors (Lipinski definition) is 7. The van der Waals surface area contributed by atoms with Crippen molar-refractivity contribution in [3.63, 3.8) is 0 Å². The van der Waals surface area contributed by atoms with Crippen molar-refractivity contribution >= 4 is 22.7 Å². The Hall–Kier alpha value is -3.58. The fraction of sp³-hybridized carbons (Fsp3) is 0.143. The Kier molecular flexibility index (Phi) is 4.82. The summed E-state index contributed by atoms with van der Waals surface area (Å²) >= 11 is 0. The van der Waals surface area contributed by atoms with Crippen molar-refractivity contribution in [2.75, 3.05) is 7.11 Å². The van der Waals surface area contributed by atoms with E-state index in [4.69, 9.17) is 21.0 Å². The van der Waals surface area contributed by atoms with E-state index in [9.17, 15) is 0 Å². The molecule has 142 valence electrons. The highest BCUT2D eigenvalue weighted by Crippen LogP contribution is 2.32. The van der Waals surface area contributed by atoms with E-state index in [0.29, 0.717) is 12.4 Å². The maximum absolute atomic E-state index is 6.11. The van der Waals surface area contributed by atoms with Crippen molar-refractivity contribution in [2.45, 2.75) is 12.8 Å². The molecule has 3 aromatic carbocycles. The molecule has 1 aliphatic rings. The molecule has 28 heavy (non-hydrogen) atoms. The first kappa shape index (κ1) is 17.8. The Bertz CT molecular complexity index is 1060. The highest BCUT2D eigenvalue weighted by Gasteiger charge is 2.29. The fourth-order valence-corrected chi connectivity index (χ4v) is 3.27. The molecule has 4 N–H and O–H groups in total. The van der Waals surface area contributed by atoms with Crippen molar-refractivity contribution < 1.29 is 9.57 Å². The minimum absolute atomic E-state index is 0.0958. The Morgan fingerprint density at radius 1 is 0.964 bits per heavy atom. The van der Waals surface area contributed by atoms with Crippen LogP contribution < -0.4 is 16.2 Å². The summed E-state index contributed by atoms with van der Waals surface area (Å²) in [5.74, 6) is 0.902. The topological polar surface area (TPSA) is 98.5 Å². The highest BCUT2D eigenvalue weighted by molar-refractivity contribution is 5.95. The Morgan fingerprint density at radius 3 is 2.57 bits per heavy atom. The largest absolute Gasteiger partial charge is 0.496 e. The lowest BCUT2D eigenvalue weighted by Gasteiger charge is -2.32. The van der Waals surface area contributed by atoms with E-state index in [0.717, 1.165) is 21.9 Å². The molecule has 0 radical (unpaired) electrons. The van der Waals surface area contributed by atoms with Gasteiger partial charge in [0, 0.05) is 5.56 Å². The molecule has 0 aromatic heterocycles. The zero-order chi connectivity index (χ0) is 19.5. The van der Waals surface area contributed by atoms with Crippen LogP contribution in [-0.2, 0) is 11.4 Å². The molecule has 1 aliphatic heterocycles. The minimum atomic E-state index is -0.594. The van der Waals surface area contributed by atoms with Crippen molar-refractivity contribution in [3.05, 3.63) is 77.9 Å². The van der Waals surface area contributed by atoms with Gasteiger partial charge in [0.15, 0.2) is 6.17 Å². The van der Waals surface area contributed by atoms with Crippen LogP contribution in [0.15, 0.2) is 76.7 Å². The first-order valence-electron chi connectivity index (χ1n) is 8.86. The maximum Gasteiger partial charge on any atom is 0.226 e. The number of methoxy groups -OCH3 is 1. The van der Waals surface area contributed by atoms with Crippen LogP contribution in [0.4, 0.5) is 0 Å². The number of aliphatic imine (C=N–C) groups is 2. The molecule has 0 bridgehead atoms. The van der Waals surface area contributed by atoms with E-state index >= 15 is 0 Å². The quantitative estimate of drug-likeness (QED) is 0.714. The monoisotopic (exact) mass is 375 g/mol. The van der Waals surface area contributed by atoms with Crippen LogP contribution in [0.5, 0.6) is 5.75 Å². The van der Waals surface area contributed by atoms with Gasteiger partial charge >= 0.3 is 0 Å². The lowest BCUT2D eigenvalue weighted by molar-refractivity contribution is -0.140. The van der Waals surface area contributed by atoms with Crippen LogP contribution >= 0.6 is 0 Å². The molecule has 7 heteroatoms. The van der Waals surface area contributed by atoms with Gasteiger partial charge in [0.2, 0.25) is 11.9 Å². The van der Waals surface area contributed by atoms with Crippen LogP contribution in [0.3, 0.4) is 0 Å². The summed E-state index contributed by atoms with van der Waals surface area (Å²) in [6.45, 7) is 0.304. The van der Waals surface area contributed by atoms with Crippen molar-refractivity contribution in [1.29, 1.82) is 0 Å². The molecule has 7 nitrogen and oxygen atoms in total. The average Bonchev–Trinajstić information content (AvgIpc) is 2.72. The third-order valence-electron chi connectivity index (χ3n) is 4.59. The van der Waals surface area contributed by atoms with E-state index in [1.165, 1.54) is 5.06 Å². The van der Waals surface area contributed by atoms with E-state index in [-0.39, 0.29) is 11.9 Å². The average molecular weight is 375 g/mol. The summed E-state index contributed by atoms with van der Waals surface area (Å²) in [5, 5.41) is 3.73. The van der Waals surface area contributed by atoms with Gasteiger partial charge in [-0.1, -0.05) is 60.7 Å². The van der Waals surface area contributed by atoms with E-state index < -0.39 is 6.17 Å². The number of nitrogens with two attached hydrogens (primary N) is 2. The highest BCUT2D eigenvalue weighted by atomic mass is 16.7. The second-order valence-corrected chi connectivity index (χ2v) is 6.31. The number of hydrogen-bond donors (Lipinski definition) is 2. The van der Waals surface area contributed by atoms with Gasteiger partial charge in [-0.2, -0.15) is 10.1 Å². The molecular formula is C21H21N5O2. The minimum Gasteiger partial charge on any atom is -0.496 e. The van der Waals surface area contributed by atoms with Crippen molar-refractivity contribution in [2.24, 2.45) is 21.5 Å². The first-order chi connectivity index (χ1) is 13.7. The number of rotatable bonds is 5. The fourth-order valence-electron chi connectivity index (χ4n) is 3.27. The summed E-state index contributed by atoms with van der Waals surface area (Å²) in [6.07, 6.45) is -0.594. The van der Waals surface area contributed by atoms with Gasteiger partial charge in [-0.05, 0) is 22.4 Å². The molecule has 3 aromatic rings. The van der Waals surface area contributed by atoms with E-state index in [1.807, 2.05) is 48.5 Å². The van der Waals surface area contributed by atoms with Crippen LogP contribution in [0.2, 0.25) is 0 Å². The molecule has 0 saturated carbocycles. The zero-order valence-corrected chi connectivity index (χ0v) is 15.4. The van der Waals surface area contributed by atoms with Gasteiger partial charge in [-0.15, -0.1) is 0 Å². The first-order valence-corrected chi connectivity index (χ1v) is 8.86. The van der Waals surface area contributed by atoms with E-state index in [1.54, 1.807) is 7.11 Å². The Balaban J connectivity index is 1.65. The lowest BCUT2D eigenvalue weighted by Crippen LogP contribution is -2.44. The van der Waals surface area contributed by atoms with Gasteiger partial charge in [0.1, 0.15) is 12.4 Å². The van der Waals surface area contributed by atoms with Crippen LogP contribution in [-0.4, -0.2) is 24.1 Å². The third-order valence-corrected chi connectivity index (χ3v) is 4.59. The number of nitrogens with zero attached hydrogens (tertiary/aromatic N) is 3. The summed E-state index contributed by atoms with van der Waals surface area (Å²) in [4.78, 5) is 14.5. The maximum atomic E-state index is 6.11. The molecular weight excluding hydrogens is 354 g/mol. The SMILES string of the molecule is COc1ccccc1C1N=C(N)N=C(N)N1OCc1cccc2ccccc12. The van der Waals surface area contributed by atoms with Gasteiger partial charge in [0.25, 0.3) is 0 Å². The molecule has 0 spiro atoms. The van der Waals surface area contributed by atoms with Crippen LogP contribution in [0.1, 0.15) is 17.3 Å². The number of hydroxylamine groups is 2. The lowest BCUT2D eigenvalue weighted by atomic mass is 10.1. The Labute approximate surface area is 162 Å². The molecule has 1 atom stereocenters. The van der Waals surface area contributed by atoms with Crippen LogP contribution in [0.25, 0.3) is 10.8 Å². The molecule has 0 aliphatic carbocycles. The van der Waals surface area contributed by atoms with Gasteiger partial charge in [0.05, 0.1) is 7.11 Å². The molecule has 1 heterocycles. The normalized spacial score (nSPS) is 16.6. The number of ether oxygens (including phenoxy) is 1. The van der Waals surface area contributed by atoms with Crippen molar-refractivity contribution in [1.82, 2.24) is 5.06 Å². The predicted octanol–water partition coefficient (Wildman–Crippen LogP) is 2.92. The molecule has 0 amide bonds. The van der Waals surface area contributed by atoms with Gasteiger partial charge < -0.3 is 16.2 Å². The summed E-state index contributed by atoms with van der Waals surface area (Å²) in [5.41, 5.74) is 13.8. The standard InChI is InChI=1S/C21H21N5O2/c1-27-18-12-5-4-11-17(18)19-24-20(22)25-21(23)26(19)28-13-15-9-6-8-14-7-2-3-10-16(14)15/h2-12,19H,13H2,1H3,(H4,22,23,24,25). The second kappa shape index (κ2) is 7.58. The number of benzene rings is 3. The third kappa shape index (κ3) is 3.35. The summed E-state index contributed by atoms with van der Waals surface area (Å²) in [7, 11) is 1.60. The van der Waals surface area contributed by atoms with E-state index in [2.05, 4.69) is 28.2 Å². The zero-order valence-electron chi connectivity index (χ0n) is 15.4. The number of para-hydroxylation sites is 1. The number of guanidine groups is 2. The van der Waals surface area contributed by atoms with Crippen molar-refractivity contribution in [3.8, 4) is 5.75 Å².